The Morgan fingerprint density at radius 2 is 1.47 bits per heavy atom. The number of benzene rings is 3. The van der Waals surface area contributed by atoms with Crippen molar-refractivity contribution in [2.45, 2.75) is 19.1 Å². The molecule has 8 heteroatoms. The van der Waals surface area contributed by atoms with Crippen LogP contribution in [0.25, 0.3) is 11.3 Å². The van der Waals surface area contributed by atoms with E-state index in [0.717, 1.165) is 10.1 Å². The summed E-state index contributed by atoms with van der Waals surface area (Å²) in [7, 11) is 0. The number of hydrogen-bond acceptors (Lipinski definition) is 4. The Morgan fingerprint density at radius 3 is 2.16 bits per heavy atom. The summed E-state index contributed by atoms with van der Waals surface area (Å²) in [6.45, 7) is 0.0843. The normalized spacial score (nSPS) is 12.0. The Labute approximate surface area is 194 Å². The number of nitrogens with zero attached hydrogens (tertiary/aromatic N) is 3. The van der Waals surface area contributed by atoms with Crippen LogP contribution in [0, 0.1) is 0 Å². The highest BCUT2D eigenvalue weighted by atomic mass is 35.5. The van der Waals surface area contributed by atoms with Gasteiger partial charge >= 0.3 is 5.69 Å². The molecule has 0 aliphatic rings. The monoisotopic (exact) mass is 466 g/mol. The van der Waals surface area contributed by atoms with Gasteiger partial charge in [-0.25, -0.2) is 9.48 Å². The van der Waals surface area contributed by atoms with E-state index < -0.39 is 17.3 Å². The summed E-state index contributed by atoms with van der Waals surface area (Å²) in [5.41, 5.74) is 7.24. The molecule has 32 heavy (non-hydrogen) atoms. The van der Waals surface area contributed by atoms with E-state index in [2.05, 4.69) is 5.10 Å². The molecule has 0 saturated carbocycles. The van der Waals surface area contributed by atoms with Gasteiger partial charge in [0.15, 0.2) is 5.69 Å². The van der Waals surface area contributed by atoms with Crippen molar-refractivity contribution in [2.24, 2.45) is 5.73 Å². The van der Waals surface area contributed by atoms with E-state index in [9.17, 15) is 9.59 Å². The molecule has 0 saturated heterocycles. The van der Waals surface area contributed by atoms with Crippen LogP contribution in [0.5, 0.6) is 0 Å². The minimum absolute atomic E-state index is 0.00975. The van der Waals surface area contributed by atoms with Crippen molar-refractivity contribution in [3.05, 3.63) is 121 Å². The Bertz CT molecular complexity index is 1370. The molecule has 2 N–H and O–H groups in total. The standard InChI is InChI=1S/C24H20Cl2N4O2/c25-19-12-6-4-10-17(19)14-30-24(32)29(15-21(27)16-8-2-1-3-9-16)23(31)22(28-30)18-11-5-7-13-20(18)26/h1-13,21H,14-15,27H2. The second-order valence-electron chi connectivity index (χ2n) is 7.29. The fourth-order valence-corrected chi connectivity index (χ4v) is 3.86. The number of rotatable bonds is 6. The van der Waals surface area contributed by atoms with Crippen molar-refractivity contribution >= 4 is 23.2 Å². The van der Waals surface area contributed by atoms with Crippen molar-refractivity contribution in [1.82, 2.24) is 14.3 Å². The van der Waals surface area contributed by atoms with Gasteiger partial charge in [0.2, 0.25) is 0 Å². The molecule has 162 valence electrons. The van der Waals surface area contributed by atoms with Gasteiger partial charge in [-0.3, -0.25) is 9.36 Å². The van der Waals surface area contributed by atoms with Crippen LogP contribution in [0.15, 0.2) is 88.5 Å². The smallest absolute Gasteiger partial charge is 0.322 e. The van der Waals surface area contributed by atoms with E-state index in [0.29, 0.717) is 21.2 Å². The van der Waals surface area contributed by atoms with E-state index in [1.165, 1.54) is 4.68 Å². The Balaban J connectivity index is 1.87. The lowest BCUT2D eigenvalue weighted by molar-refractivity contribution is 0.484. The van der Waals surface area contributed by atoms with E-state index in [1.807, 2.05) is 36.4 Å². The largest absolute Gasteiger partial charge is 0.347 e. The fourth-order valence-electron chi connectivity index (χ4n) is 3.44. The van der Waals surface area contributed by atoms with Crippen molar-refractivity contribution in [1.29, 1.82) is 0 Å². The maximum Gasteiger partial charge on any atom is 0.347 e. The second kappa shape index (κ2) is 9.53. The number of aromatic nitrogens is 3. The zero-order valence-corrected chi connectivity index (χ0v) is 18.5. The van der Waals surface area contributed by atoms with Gasteiger partial charge in [-0.2, -0.15) is 5.10 Å². The Hall–Kier alpha value is -3.19. The molecule has 3 aromatic carbocycles. The maximum atomic E-state index is 13.3. The van der Waals surface area contributed by atoms with Crippen LogP contribution in [-0.2, 0) is 13.1 Å². The predicted octanol–water partition coefficient (Wildman–Crippen LogP) is 4.13. The molecule has 0 fully saturated rings. The van der Waals surface area contributed by atoms with E-state index in [1.54, 1.807) is 42.5 Å². The van der Waals surface area contributed by atoms with Gasteiger partial charge in [-0.05, 0) is 23.3 Å². The van der Waals surface area contributed by atoms with Crippen LogP contribution in [0.4, 0.5) is 0 Å². The van der Waals surface area contributed by atoms with E-state index in [4.69, 9.17) is 28.9 Å². The highest BCUT2D eigenvalue weighted by molar-refractivity contribution is 6.33. The average Bonchev–Trinajstić information content (AvgIpc) is 2.81. The van der Waals surface area contributed by atoms with Crippen LogP contribution in [-0.4, -0.2) is 14.3 Å². The van der Waals surface area contributed by atoms with Crippen LogP contribution >= 0.6 is 23.2 Å². The third-order valence-corrected chi connectivity index (χ3v) is 5.83. The molecule has 0 bridgehead atoms. The highest BCUT2D eigenvalue weighted by Gasteiger charge is 2.19. The molecule has 0 radical (unpaired) electrons. The quantitative estimate of drug-likeness (QED) is 0.463. The molecule has 4 aromatic rings. The second-order valence-corrected chi connectivity index (χ2v) is 8.11. The molecule has 0 aliphatic carbocycles. The van der Waals surface area contributed by atoms with Crippen LogP contribution in [0.1, 0.15) is 17.2 Å². The summed E-state index contributed by atoms with van der Waals surface area (Å²) in [5, 5.41) is 5.23. The van der Waals surface area contributed by atoms with Gasteiger partial charge in [0.25, 0.3) is 5.56 Å². The molecule has 6 nitrogen and oxygen atoms in total. The summed E-state index contributed by atoms with van der Waals surface area (Å²) >= 11 is 12.6. The lowest BCUT2D eigenvalue weighted by Crippen LogP contribution is -2.44. The first-order valence-corrected chi connectivity index (χ1v) is 10.7. The zero-order chi connectivity index (χ0) is 22.7. The number of halogens is 2. The first-order chi connectivity index (χ1) is 15.5. The van der Waals surface area contributed by atoms with Crippen LogP contribution in [0.2, 0.25) is 10.0 Å². The average molecular weight is 467 g/mol. The van der Waals surface area contributed by atoms with Crippen molar-refractivity contribution in [2.75, 3.05) is 0 Å². The fraction of sp³-hybridized carbons (Fsp3) is 0.125. The van der Waals surface area contributed by atoms with E-state index in [-0.39, 0.29) is 18.8 Å². The van der Waals surface area contributed by atoms with Gasteiger partial charge in [0, 0.05) is 16.6 Å². The molecule has 1 heterocycles. The number of hydrogen-bond donors (Lipinski definition) is 1. The Kier molecular flexibility index (Phi) is 6.55. The van der Waals surface area contributed by atoms with Crippen molar-refractivity contribution in [3.8, 4) is 11.3 Å². The zero-order valence-electron chi connectivity index (χ0n) is 17.0. The molecule has 0 amide bonds. The van der Waals surface area contributed by atoms with Gasteiger partial charge in [0.05, 0.1) is 18.1 Å². The van der Waals surface area contributed by atoms with Crippen molar-refractivity contribution < 1.29 is 0 Å². The van der Waals surface area contributed by atoms with Gasteiger partial charge in [-0.15, -0.1) is 0 Å². The molecule has 4 rings (SSSR count). The maximum absolute atomic E-state index is 13.3. The molecule has 0 spiro atoms. The van der Waals surface area contributed by atoms with Crippen LogP contribution in [0.3, 0.4) is 0 Å². The van der Waals surface area contributed by atoms with Gasteiger partial charge in [-0.1, -0.05) is 89.9 Å². The molecular formula is C24H20Cl2N4O2. The van der Waals surface area contributed by atoms with E-state index >= 15 is 0 Å². The molecule has 0 aliphatic heterocycles. The summed E-state index contributed by atoms with van der Waals surface area (Å²) in [6.07, 6.45) is 0. The minimum atomic E-state index is -0.572. The third kappa shape index (κ3) is 4.53. The van der Waals surface area contributed by atoms with Gasteiger partial charge in [0.1, 0.15) is 0 Å². The van der Waals surface area contributed by atoms with Crippen molar-refractivity contribution in [3.63, 3.8) is 0 Å². The molecule has 1 atom stereocenters. The summed E-state index contributed by atoms with van der Waals surface area (Å²) in [5.74, 6) is 0. The summed E-state index contributed by atoms with van der Waals surface area (Å²) in [6, 6.07) is 22.8. The lowest BCUT2D eigenvalue weighted by Gasteiger charge is -2.17. The third-order valence-electron chi connectivity index (χ3n) is 5.13. The lowest BCUT2D eigenvalue weighted by atomic mass is 10.1. The SMILES string of the molecule is NC(Cn1c(=O)c(-c2ccccc2Cl)nn(Cc2ccccc2Cl)c1=O)c1ccccc1. The molecule has 1 unspecified atom stereocenters. The first-order valence-electron chi connectivity index (χ1n) is 9.96. The summed E-state index contributed by atoms with van der Waals surface area (Å²) in [4.78, 5) is 26.6. The first kappa shape index (κ1) is 22.0. The van der Waals surface area contributed by atoms with Crippen LogP contribution < -0.4 is 17.0 Å². The Morgan fingerprint density at radius 1 is 0.844 bits per heavy atom. The predicted molar refractivity (Wildman–Crippen MR) is 127 cm³/mol. The number of nitrogens with two attached hydrogens (primary N) is 1. The minimum Gasteiger partial charge on any atom is -0.322 e. The topological polar surface area (TPSA) is 82.9 Å². The summed E-state index contributed by atoms with van der Waals surface area (Å²) < 4.78 is 2.33. The molecule has 1 aromatic heterocycles. The highest BCUT2D eigenvalue weighted by Crippen LogP contribution is 2.23. The van der Waals surface area contributed by atoms with Gasteiger partial charge < -0.3 is 5.73 Å². The molecular weight excluding hydrogens is 447 g/mol.